The number of fused-ring (bicyclic) bond motifs is 1. The summed E-state index contributed by atoms with van der Waals surface area (Å²) in [4.78, 5) is 4.79. The van der Waals surface area contributed by atoms with E-state index in [0.29, 0.717) is 30.5 Å². The summed E-state index contributed by atoms with van der Waals surface area (Å²) in [5.74, 6) is 7.78. The van der Waals surface area contributed by atoms with Crippen LogP contribution in [-0.4, -0.2) is 75.8 Å². The molecule has 1 N–H and O–H groups in total. The zero-order valence-corrected chi connectivity index (χ0v) is 22.3. The van der Waals surface area contributed by atoms with Crippen LogP contribution in [0.2, 0.25) is 0 Å². The number of aryl methyl sites for hydroxylation is 1. The summed E-state index contributed by atoms with van der Waals surface area (Å²) in [5, 5.41) is 14.7. The number of alkyl halides is 3. The van der Waals surface area contributed by atoms with Crippen LogP contribution in [0.25, 0.3) is 0 Å². The normalized spacial score (nSPS) is 22.2. The van der Waals surface area contributed by atoms with Crippen LogP contribution in [0, 0.1) is 17.8 Å². The molecule has 0 atom stereocenters. The van der Waals surface area contributed by atoms with Gasteiger partial charge in [-0.25, -0.2) is 0 Å². The molecule has 208 valence electrons. The summed E-state index contributed by atoms with van der Waals surface area (Å²) >= 11 is 0. The molecule has 10 heteroatoms. The Morgan fingerprint density at radius 1 is 0.846 bits per heavy atom. The molecule has 0 aliphatic carbocycles. The molecule has 1 aromatic carbocycles. The quantitative estimate of drug-likeness (QED) is 0.583. The Labute approximate surface area is 227 Å². The van der Waals surface area contributed by atoms with Gasteiger partial charge in [-0.1, -0.05) is 24.0 Å². The lowest BCUT2D eigenvalue weighted by molar-refractivity contribution is -0.147. The molecule has 4 aliphatic rings. The van der Waals surface area contributed by atoms with E-state index >= 15 is 0 Å². The number of rotatable bonds is 2. The molecule has 0 unspecified atom stereocenters. The van der Waals surface area contributed by atoms with Gasteiger partial charge >= 0.3 is 6.18 Å². The molecule has 0 bridgehead atoms. The number of nitrogens with one attached hydrogen (secondary N) is 1. The minimum absolute atomic E-state index is 0.270. The zero-order chi connectivity index (χ0) is 26.8. The molecule has 39 heavy (non-hydrogen) atoms. The average molecular weight is 540 g/mol. The minimum Gasteiger partial charge on any atom is -0.359 e. The highest BCUT2D eigenvalue weighted by Crippen LogP contribution is 2.32. The number of halogens is 3. The van der Waals surface area contributed by atoms with E-state index in [4.69, 9.17) is 0 Å². The molecule has 6 rings (SSSR count). The number of piperidine rings is 3. The fourth-order valence-electron chi connectivity index (χ4n) is 6.44. The van der Waals surface area contributed by atoms with Gasteiger partial charge in [0.25, 0.3) is 5.82 Å². The summed E-state index contributed by atoms with van der Waals surface area (Å²) in [5.41, 5.74) is 2.38. The summed E-state index contributed by atoms with van der Waals surface area (Å²) < 4.78 is 40.6. The number of benzene rings is 1. The van der Waals surface area contributed by atoms with Gasteiger partial charge in [-0.2, -0.15) is 22.9 Å². The highest BCUT2D eigenvalue weighted by Gasteiger charge is 2.40. The van der Waals surface area contributed by atoms with E-state index in [0.717, 1.165) is 81.2 Å². The van der Waals surface area contributed by atoms with Gasteiger partial charge < -0.3 is 15.1 Å². The molecule has 3 saturated heterocycles. The van der Waals surface area contributed by atoms with Crippen LogP contribution in [0.4, 0.5) is 13.2 Å². The second-order valence-corrected chi connectivity index (χ2v) is 11.2. The first-order valence-corrected chi connectivity index (χ1v) is 14.3. The monoisotopic (exact) mass is 539 g/mol. The van der Waals surface area contributed by atoms with Crippen molar-refractivity contribution >= 4 is 5.84 Å². The Kier molecular flexibility index (Phi) is 7.63. The maximum absolute atomic E-state index is 13.2. The third kappa shape index (κ3) is 5.99. The van der Waals surface area contributed by atoms with Crippen molar-refractivity contribution in [3.63, 3.8) is 0 Å². The van der Waals surface area contributed by atoms with E-state index in [2.05, 4.69) is 66.5 Å². The molecule has 7 nitrogen and oxygen atoms in total. The average Bonchev–Trinajstić information content (AvgIpc) is 3.42. The smallest absolute Gasteiger partial charge is 0.359 e. The number of amidine groups is 1. The summed E-state index contributed by atoms with van der Waals surface area (Å²) in [7, 11) is 0. The topological polar surface area (TPSA) is 61.6 Å². The van der Waals surface area contributed by atoms with E-state index < -0.39 is 12.0 Å². The van der Waals surface area contributed by atoms with Gasteiger partial charge in [-0.3, -0.25) is 0 Å². The standard InChI is InChI=1S/C29H36F3N7/c30-29(31,32)28-35-34-26-7-8-27(36-39(26)28)38-19-13-24(14-20-38)23-5-3-21(4-6-23)1-2-22-11-17-37(18-12-22)25-9-15-33-16-10-25/h3-6,22,24-25,33H,7-20H2. The maximum Gasteiger partial charge on any atom is 0.453 e. The molecule has 0 saturated carbocycles. The van der Waals surface area contributed by atoms with Gasteiger partial charge in [-0.05, 0) is 88.3 Å². The van der Waals surface area contributed by atoms with Gasteiger partial charge in [0.15, 0.2) is 5.82 Å². The Morgan fingerprint density at radius 2 is 1.56 bits per heavy atom. The predicted molar refractivity (Wildman–Crippen MR) is 143 cm³/mol. The van der Waals surface area contributed by atoms with Gasteiger partial charge in [0.05, 0.1) is 0 Å². The molecule has 1 aromatic heterocycles. The van der Waals surface area contributed by atoms with E-state index in [1.165, 1.54) is 18.4 Å². The number of nitrogens with zero attached hydrogens (tertiary/aromatic N) is 6. The molecule has 4 aliphatic heterocycles. The summed E-state index contributed by atoms with van der Waals surface area (Å²) in [6.45, 7) is 6.17. The van der Waals surface area contributed by atoms with Crippen LogP contribution >= 0.6 is 0 Å². The van der Waals surface area contributed by atoms with Crippen LogP contribution in [-0.2, 0) is 12.6 Å². The van der Waals surface area contributed by atoms with E-state index in [9.17, 15) is 13.2 Å². The molecular formula is C29H36F3N7. The first kappa shape index (κ1) is 26.3. The van der Waals surface area contributed by atoms with Crippen LogP contribution in [0.5, 0.6) is 0 Å². The van der Waals surface area contributed by atoms with Crippen molar-refractivity contribution in [3.8, 4) is 11.8 Å². The number of likely N-dealkylation sites (tertiary alicyclic amines) is 2. The van der Waals surface area contributed by atoms with Gasteiger partial charge in [-0.15, -0.1) is 10.2 Å². The zero-order valence-electron chi connectivity index (χ0n) is 22.3. The molecule has 2 aromatic rings. The Balaban J connectivity index is 1.00. The molecule has 0 radical (unpaired) electrons. The fraction of sp³-hybridized carbons (Fsp3) is 0.621. The van der Waals surface area contributed by atoms with E-state index in [1.54, 1.807) is 0 Å². The molecule has 5 heterocycles. The molecule has 0 spiro atoms. The number of hydrogen-bond acceptors (Lipinski definition) is 6. The fourth-order valence-corrected chi connectivity index (χ4v) is 6.44. The summed E-state index contributed by atoms with van der Waals surface area (Å²) in [6, 6.07) is 9.41. The van der Waals surface area contributed by atoms with Crippen molar-refractivity contribution in [2.24, 2.45) is 11.0 Å². The highest BCUT2D eigenvalue weighted by molar-refractivity contribution is 5.83. The lowest BCUT2D eigenvalue weighted by Gasteiger charge is -2.38. The maximum atomic E-state index is 13.2. The third-order valence-corrected chi connectivity index (χ3v) is 8.76. The number of hydrogen-bond donors (Lipinski definition) is 1. The van der Waals surface area contributed by atoms with Crippen molar-refractivity contribution < 1.29 is 13.2 Å². The van der Waals surface area contributed by atoms with Gasteiger partial charge in [0, 0.05) is 43.5 Å². The van der Waals surface area contributed by atoms with Crippen LogP contribution in [0.15, 0.2) is 29.4 Å². The SMILES string of the molecule is FC(F)(F)c1nnc2n1N=C(N1CCC(c3ccc(C#CC4CCN(C5CCNCC5)CC4)cc3)CC1)CC2. The van der Waals surface area contributed by atoms with E-state index in [-0.39, 0.29) is 5.82 Å². The van der Waals surface area contributed by atoms with Crippen molar-refractivity contribution in [2.45, 2.75) is 69.5 Å². The lowest BCUT2D eigenvalue weighted by atomic mass is 9.88. The largest absolute Gasteiger partial charge is 0.453 e. The first-order chi connectivity index (χ1) is 18.9. The Hall–Kier alpha value is -2.90. The lowest BCUT2D eigenvalue weighted by Crippen LogP contribution is -2.46. The van der Waals surface area contributed by atoms with E-state index in [1.807, 2.05) is 0 Å². The third-order valence-electron chi connectivity index (χ3n) is 8.76. The number of aromatic nitrogens is 3. The van der Waals surface area contributed by atoms with Crippen LogP contribution in [0.3, 0.4) is 0 Å². The Morgan fingerprint density at radius 3 is 2.26 bits per heavy atom. The molecule has 3 fully saturated rings. The van der Waals surface area contributed by atoms with Crippen molar-refractivity contribution in [1.29, 1.82) is 0 Å². The van der Waals surface area contributed by atoms with Gasteiger partial charge in [0.2, 0.25) is 0 Å². The second-order valence-electron chi connectivity index (χ2n) is 11.2. The summed E-state index contributed by atoms with van der Waals surface area (Å²) in [6.07, 6.45) is 3.19. The van der Waals surface area contributed by atoms with Crippen molar-refractivity contribution in [1.82, 2.24) is 30.0 Å². The minimum atomic E-state index is -4.56. The van der Waals surface area contributed by atoms with Crippen molar-refractivity contribution in [3.05, 3.63) is 47.0 Å². The Bertz CT molecular complexity index is 1220. The van der Waals surface area contributed by atoms with Crippen LogP contribution in [0.1, 0.15) is 73.6 Å². The molecule has 0 amide bonds. The second kappa shape index (κ2) is 11.3. The van der Waals surface area contributed by atoms with Crippen LogP contribution < -0.4 is 5.32 Å². The van der Waals surface area contributed by atoms with Crippen molar-refractivity contribution in [2.75, 3.05) is 39.3 Å². The van der Waals surface area contributed by atoms with Gasteiger partial charge in [0.1, 0.15) is 5.84 Å². The predicted octanol–water partition coefficient (Wildman–Crippen LogP) is 4.10. The first-order valence-electron chi connectivity index (χ1n) is 14.3. The highest BCUT2D eigenvalue weighted by atomic mass is 19.4. The molecular weight excluding hydrogens is 503 g/mol.